The fraction of sp³-hybridized carbons (Fsp3) is 0.250. The quantitative estimate of drug-likeness (QED) is 0.867. The number of anilines is 2. The van der Waals surface area contributed by atoms with Gasteiger partial charge in [0, 0.05) is 18.2 Å². The van der Waals surface area contributed by atoms with Crippen molar-refractivity contribution in [3.05, 3.63) is 23.9 Å². The Bertz CT molecular complexity index is 734. The van der Waals surface area contributed by atoms with Gasteiger partial charge in [-0.2, -0.15) is 0 Å². The van der Waals surface area contributed by atoms with Crippen molar-refractivity contribution in [2.45, 2.75) is 11.1 Å². The number of nitrogen functional groups attached to an aromatic ring is 1. The second-order valence-electron chi connectivity index (χ2n) is 4.13. The first-order valence-corrected chi connectivity index (χ1v) is 8.14. The minimum absolute atomic E-state index is 0.0850. The summed E-state index contributed by atoms with van der Waals surface area (Å²) in [5.74, 6) is 0.959. The highest BCUT2D eigenvalue weighted by atomic mass is 32.2. The standard InChI is InChI=1S/C12H15N3O4S2/c1-7-11(20-12(13)14-7)21(16,17)15-8-4-9(18-2)6-10(5-8)19-3/h4-6,15H,1-3H3,(H2,13,14). The van der Waals surface area contributed by atoms with E-state index in [1.807, 2.05) is 0 Å². The lowest BCUT2D eigenvalue weighted by Crippen LogP contribution is -2.12. The van der Waals surface area contributed by atoms with Gasteiger partial charge in [-0.25, -0.2) is 13.4 Å². The normalized spacial score (nSPS) is 11.2. The van der Waals surface area contributed by atoms with Crippen molar-refractivity contribution in [1.82, 2.24) is 4.98 Å². The number of thiazole rings is 1. The first-order valence-electron chi connectivity index (χ1n) is 5.84. The SMILES string of the molecule is COc1cc(NS(=O)(=O)c2sc(N)nc2C)cc(OC)c1. The average molecular weight is 329 g/mol. The molecule has 1 aromatic carbocycles. The molecule has 0 amide bonds. The second kappa shape index (κ2) is 5.78. The average Bonchev–Trinajstić information content (AvgIpc) is 2.77. The first-order chi connectivity index (χ1) is 9.85. The van der Waals surface area contributed by atoms with E-state index in [-0.39, 0.29) is 9.34 Å². The van der Waals surface area contributed by atoms with E-state index < -0.39 is 10.0 Å². The second-order valence-corrected chi connectivity index (χ2v) is 7.04. The zero-order chi connectivity index (χ0) is 15.6. The van der Waals surface area contributed by atoms with Gasteiger partial charge in [0.1, 0.15) is 11.5 Å². The minimum Gasteiger partial charge on any atom is -0.497 e. The molecule has 1 aromatic heterocycles. The van der Waals surface area contributed by atoms with Crippen molar-refractivity contribution < 1.29 is 17.9 Å². The lowest BCUT2D eigenvalue weighted by atomic mass is 10.3. The van der Waals surface area contributed by atoms with Crippen molar-refractivity contribution >= 4 is 32.2 Å². The molecule has 0 radical (unpaired) electrons. The number of aromatic nitrogens is 1. The number of nitrogens with two attached hydrogens (primary N) is 1. The van der Waals surface area contributed by atoms with E-state index in [1.165, 1.54) is 14.2 Å². The van der Waals surface area contributed by atoms with Crippen molar-refractivity contribution in [1.29, 1.82) is 0 Å². The van der Waals surface area contributed by atoms with E-state index in [0.29, 0.717) is 22.9 Å². The monoisotopic (exact) mass is 329 g/mol. The molecule has 0 unspecified atom stereocenters. The van der Waals surface area contributed by atoms with E-state index in [4.69, 9.17) is 15.2 Å². The molecule has 0 saturated carbocycles. The highest BCUT2D eigenvalue weighted by Crippen LogP contribution is 2.30. The molecule has 3 N–H and O–H groups in total. The van der Waals surface area contributed by atoms with Gasteiger partial charge in [0.25, 0.3) is 10.0 Å². The van der Waals surface area contributed by atoms with Crippen LogP contribution in [0.25, 0.3) is 0 Å². The van der Waals surface area contributed by atoms with Crippen LogP contribution in [-0.4, -0.2) is 27.6 Å². The van der Waals surface area contributed by atoms with Crippen molar-refractivity contribution in [2.75, 3.05) is 24.7 Å². The zero-order valence-electron chi connectivity index (χ0n) is 11.7. The summed E-state index contributed by atoms with van der Waals surface area (Å²) in [7, 11) is -0.784. The Morgan fingerprint density at radius 3 is 2.19 bits per heavy atom. The summed E-state index contributed by atoms with van der Waals surface area (Å²) < 4.78 is 37.5. The third kappa shape index (κ3) is 3.37. The number of nitrogens with zero attached hydrogens (tertiary/aromatic N) is 1. The molecule has 114 valence electrons. The van der Waals surface area contributed by atoms with Crippen molar-refractivity contribution in [2.24, 2.45) is 0 Å². The van der Waals surface area contributed by atoms with Crippen LogP contribution in [0.3, 0.4) is 0 Å². The van der Waals surface area contributed by atoms with Gasteiger partial charge in [-0.05, 0) is 6.92 Å². The van der Waals surface area contributed by atoms with Gasteiger partial charge < -0.3 is 15.2 Å². The van der Waals surface area contributed by atoms with Crippen LogP contribution in [0.15, 0.2) is 22.4 Å². The molecular weight excluding hydrogens is 314 g/mol. The fourth-order valence-corrected chi connectivity index (χ4v) is 4.06. The molecule has 0 atom stereocenters. The molecule has 0 aliphatic rings. The number of ether oxygens (including phenoxy) is 2. The molecule has 0 fully saturated rings. The van der Waals surface area contributed by atoms with Crippen LogP contribution in [-0.2, 0) is 10.0 Å². The molecule has 2 rings (SSSR count). The zero-order valence-corrected chi connectivity index (χ0v) is 13.3. The number of benzene rings is 1. The molecule has 9 heteroatoms. The van der Waals surface area contributed by atoms with Gasteiger partial charge >= 0.3 is 0 Å². The van der Waals surface area contributed by atoms with Gasteiger partial charge in [-0.1, -0.05) is 11.3 Å². The highest BCUT2D eigenvalue weighted by Gasteiger charge is 2.21. The van der Waals surface area contributed by atoms with Gasteiger partial charge in [-0.15, -0.1) is 0 Å². The molecule has 0 spiro atoms. The maximum atomic E-state index is 12.4. The topological polar surface area (TPSA) is 104 Å². The summed E-state index contributed by atoms with van der Waals surface area (Å²) in [6, 6.07) is 4.76. The summed E-state index contributed by atoms with van der Waals surface area (Å²) in [5.41, 5.74) is 6.23. The molecule has 0 bridgehead atoms. The fourth-order valence-electron chi connectivity index (χ4n) is 1.72. The van der Waals surface area contributed by atoms with Crippen LogP contribution in [0.4, 0.5) is 10.8 Å². The number of hydrogen-bond donors (Lipinski definition) is 2. The molecule has 21 heavy (non-hydrogen) atoms. The Labute approximate surface area is 126 Å². The van der Waals surface area contributed by atoms with Crippen molar-refractivity contribution in [3.63, 3.8) is 0 Å². The maximum absolute atomic E-state index is 12.4. The van der Waals surface area contributed by atoms with Crippen LogP contribution >= 0.6 is 11.3 Å². The van der Waals surface area contributed by atoms with E-state index in [9.17, 15) is 8.42 Å². The van der Waals surface area contributed by atoms with Crippen LogP contribution in [0.2, 0.25) is 0 Å². The molecule has 0 saturated heterocycles. The van der Waals surface area contributed by atoms with Gasteiger partial charge in [0.15, 0.2) is 9.34 Å². The summed E-state index contributed by atoms with van der Waals surface area (Å²) in [4.78, 5) is 3.91. The highest BCUT2D eigenvalue weighted by molar-refractivity contribution is 7.94. The molecule has 2 aromatic rings. The number of sulfonamides is 1. The van der Waals surface area contributed by atoms with Gasteiger partial charge in [0.05, 0.1) is 25.6 Å². The summed E-state index contributed by atoms with van der Waals surface area (Å²) >= 11 is 0.914. The molecule has 0 aliphatic carbocycles. The van der Waals surface area contributed by atoms with Gasteiger partial charge in [-0.3, -0.25) is 4.72 Å². The molecular formula is C12H15N3O4S2. The first kappa shape index (κ1) is 15.4. The lowest BCUT2D eigenvalue weighted by molar-refractivity contribution is 0.395. The summed E-state index contributed by atoms with van der Waals surface area (Å²) in [5, 5.41) is 0.205. The third-order valence-electron chi connectivity index (χ3n) is 2.62. The van der Waals surface area contributed by atoms with Crippen molar-refractivity contribution in [3.8, 4) is 11.5 Å². The number of aryl methyl sites for hydroxylation is 1. The lowest BCUT2D eigenvalue weighted by Gasteiger charge is -2.10. The van der Waals surface area contributed by atoms with Crippen LogP contribution in [0.5, 0.6) is 11.5 Å². The summed E-state index contributed by atoms with van der Waals surface area (Å²) in [6.07, 6.45) is 0. The number of hydrogen-bond acceptors (Lipinski definition) is 7. The van der Waals surface area contributed by atoms with Crippen LogP contribution in [0.1, 0.15) is 5.69 Å². The Hall–Kier alpha value is -2.00. The van der Waals surface area contributed by atoms with E-state index in [0.717, 1.165) is 11.3 Å². The Morgan fingerprint density at radius 2 is 1.76 bits per heavy atom. The van der Waals surface area contributed by atoms with E-state index >= 15 is 0 Å². The predicted molar refractivity (Wildman–Crippen MR) is 81.6 cm³/mol. The number of nitrogens with one attached hydrogen (secondary N) is 1. The van der Waals surface area contributed by atoms with Gasteiger partial charge in [0.2, 0.25) is 0 Å². The smallest absolute Gasteiger partial charge is 0.273 e. The third-order valence-corrected chi connectivity index (χ3v) is 5.60. The number of rotatable bonds is 5. The predicted octanol–water partition coefficient (Wildman–Crippen LogP) is 1.85. The Balaban J connectivity index is 2.39. The van der Waals surface area contributed by atoms with E-state index in [2.05, 4.69) is 9.71 Å². The van der Waals surface area contributed by atoms with Crippen LogP contribution < -0.4 is 19.9 Å². The Morgan fingerprint density at radius 1 is 1.19 bits per heavy atom. The van der Waals surface area contributed by atoms with E-state index in [1.54, 1.807) is 25.1 Å². The molecule has 7 nitrogen and oxygen atoms in total. The Kier molecular flexibility index (Phi) is 4.24. The molecule has 0 aliphatic heterocycles. The largest absolute Gasteiger partial charge is 0.497 e. The maximum Gasteiger partial charge on any atom is 0.273 e. The van der Waals surface area contributed by atoms with Crippen LogP contribution in [0, 0.1) is 6.92 Å². The summed E-state index contributed by atoms with van der Waals surface area (Å²) in [6.45, 7) is 1.59. The minimum atomic E-state index is -3.76. The molecule has 1 heterocycles. The number of methoxy groups -OCH3 is 2.